The van der Waals surface area contributed by atoms with Crippen LogP contribution in [-0.2, 0) is 9.53 Å². The normalized spacial score (nSPS) is 25.3. The Balaban J connectivity index is 1.14. The van der Waals surface area contributed by atoms with Gasteiger partial charge in [-0.2, -0.15) is 0 Å². The van der Waals surface area contributed by atoms with Crippen LogP contribution in [0.25, 0.3) is 11.0 Å². The highest BCUT2D eigenvalue weighted by molar-refractivity contribution is 5.89. The van der Waals surface area contributed by atoms with Gasteiger partial charge in [-0.05, 0) is 70.9 Å². The van der Waals surface area contributed by atoms with E-state index in [2.05, 4.69) is 10.2 Å². The van der Waals surface area contributed by atoms with Gasteiger partial charge in [-0.15, -0.1) is 0 Å². The van der Waals surface area contributed by atoms with E-state index < -0.39 is 18.0 Å². The molecular formula is C27H38N6O5. The van der Waals surface area contributed by atoms with E-state index in [1.54, 1.807) is 4.57 Å². The maximum atomic E-state index is 13.3. The molecule has 0 saturated carbocycles. The molecular weight excluding hydrogens is 488 g/mol. The molecule has 0 radical (unpaired) electrons. The molecule has 3 aliphatic rings. The lowest BCUT2D eigenvalue weighted by atomic mass is 9.97. The van der Waals surface area contributed by atoms with Crippen LogP contribution in [0, 0.1) is 0 Å². The van der Waals surface area contributed by atoms with Crippen LogP contribution in [0.2, 0.25) is 0 Å². The summed E-state index contributed by atoms with van der Waals surface area (Å²) in [6.45, 7) is 5.48. The first kappa shape index (κ1) is 26.3. The summed E-state index contributed by atoms with van der Waals surface area (Å²) in [5.74, 6) is -0.485. The number of nitrogens with two attached hydrogens (primary N) is 1. The van der Waals surface area contributed by atoms with Crippen molar-refractivity contribution in [3.63, 3.8) is 0 Å². The minimum atomic E-state index is -0.564. The predicted molar refractivity (Wildman–Crippen MR) is 142 cm³/mol. The molecule has 5 rings (SSSR count). The van der Waals surface area contributed by atoms with E-state index in [1.807, 2.05) is 38.1 Å². The van der Waals surface area contributed by atoms with Gasteiger partial charge in [0.25, 0.3) is 0 Å². The fourth-order valence-corrected chi connectivity index (χ4v) is 6.63. The van der Waals surface area contributed by atoms with E-state index in [9.17, 15) is 19.2 Å². The second kappa shape index (κ2) is 10.8. The quantitative estimate of drug-likeness (QED) is 0.533. The van der Waals surface area contributed by atoms with Gasteiger partial charge in [-0.25, -0.2) is 19.0 Å². The summed E-state index contributed by atoms with van der Waals surface area (Å²) in [6, 6.07) is 7.11. The number of ether oxygens (including phenoxy) is 1. The molecule has 1 aromatic carbocycles. The fourth-order valence-electron chi connectivity index (χ4n) is 6.63. The van der Waals surface area contributed by atoms with E-state index in [4.69, 9.17) is 10.5 Å². The van der Waals surface area contributed by atoms with Crippen LogP contribution in [0.5, 0.6) is 0 Å². The van der Waals surface area contributed by atoms with Gasteiger partial charge in [0.15, 0.2) is 0 Å². The number of hydrogen-bond acceptors (Lipinski definition) is 6. The van der Waals surface area contributed by atoms with Crippen molar-refractivity contribution in [2.75, 3.05) is 19.7 Å². The Bertz CT molecular complexity index is 1250. The van der Waals surface area contributed by atoms with Crippen LogP contribution in [-0.4, -0.2) is 80.8 Å². The molecule has 206 valence electrons. The highest BCUT2D eigenvalue weighted by Gasteiger charge is 2.41. The van der Waals surface area contributed by atoms with Gasteiger partial charge in [-0.3, -0.25) is 19.2 Å². The molecule has 3 saturated heterocycles. The number of carbonyl (C=O) groups is 3. The van der Waals surface area contributed by atoms with Crippen molar-refractivity contribution < 1.29 is 19.1 Å². The first-order chi connectivity index (χ1) is 18.3. The number of nitrogens with zero attached hydrogens (tertiary/aromatic N) is 4. The number of nitrogens with one attached hydrogen (secondary N) is 1. The Morgan fingerprint density at radius 2 is 1.76 bits per heavy atom. The second-order valence-electron chi connectivity index (χ2n) is 11.0. The molecule has 2 bridgehead atoms. The number of aromatic nitrogens is 2. The van der Waals surface area contributed by atoms with E-state index in [0.717, 1.165) is 44.2 Å². The lowest BCUT2D eigenvalue weighted by Gasteiger charge is -2.39. The summed E-state index contributed by atoms with van der Waals surface area (Å²) in [5.41, 5.74) is 6.46. The molecule has 4 heterocycles. The third kappa shape index (κ3) is 4.91. The van der Waals surface area contributed by atoms with E-state index in [-0.39, 0.29) is 23.8 Å². The number of benzene rings is 1. The molecule has 4 atom stereocenters. The topological polar surface area (TPSA) is 132 Å². The summed E-state index contributed by atoms with van der Waals surface area (Å²) < 4.78 is 8.36. The summed E-state index contributed by atoms with van der Waals surface area (Å²) in [6.07, 6.45) is 5.37. The lowest BCUT2D eigenvalue weighted by molar-refractivity contribution is -0.121. The molecule has 11 nitrogen and oxygen atoms in total. The Morgan fingerprint density at radius 1 is 1.08 bits per heavy atom. The Labute approximate surface area is 221 Å². The summed E-state index contributed by atoms with van der Waals surface area (Å²) >= 11 is 0. The zero-order valence-electron chi connectivity index (χ0n) is 22.2. The number of hydrogen-bond donors (Lipinski definition) is 2. The second-order valence-corrected chi connectivity index (χ2v) is 11.0. The van der Waals surface area contributed by atoms with Gasteiger partial charge in [-0.1, -0.05) is 12.1 Å². The van der Waals surface area contributed by atoms with Crippen LogP contribution in [0.4, 0.5) is 9.59 Å². The Hall–Kier alpha value is -3.34. The first-order valence-corrected chi connectivity index (χ1v) is 13.8. The number of para-hydroxylation sites is 2. The molecule has 0 spiro atoms. The number of imidazole rings is 1. The van der Waals surface area contributed by atoms with Crippen molar-refractivity contribution in [1.29, 1.82) is 0 Å². The van der Waals surface area contributed by atoms with Crippen LogP contribution >= 0.6 is 0 Å². The highest BCUT2D eigenvalue weighted by Crippen LogP contribution is 2.36. The Morgan fingerprint density at radius 3 is 2.42 bits per heavy atom. The zero-order valence-corrected chi connectivity index (χ0v) is 22.2. The smallest absolute Gasteiger partial charge is 0.410 e. The summed E-state index contributed by atoms with van der Waals surface area (Å²) in [4.78, 5) is 54.2. The van der Waals surface area contributed by atoms with Crippen molar-refractivity contribution >= 4 is 29.1 Å². The summed E-state index contributed by atoms with van der Waals surface area (Å²) in [5, 5.41) is 3.14. The monoisotopic (exact) mass is 526 g/mol. The maximum absolute atomic E-state index is 13.3. The lowest BCUT2D eigenvalue weighted by Crippen LogP contribution is -2.52. The average molecular weight is 527 g/mol. The third-order valence-electron chi connectivity index (χ3n) is 8.31. The summed E-state index contributed by atoms with van der Waals surface area (Å²) in [7, 11) is 0. The number of carbonyl (C=O) groups excluding carboxylic acids is 3. The molecule has 2 aromatic rings. The largest absolute Gasteiger partial charge is 0.449 e. The SMILES string of the molecule is CC(C)n1c(=O)n(C(=O)NC2C[C@H]3CC[C@@H](C2)N3CCCOC(=O)N2CCCC2C(N)=O)c2ccccc21. The number of fused-ring (bicyclic) bond motifs is 3. The number of amides is 3. The van der Waals surface area contributed by atoms with Crippen molar-refractivity contribution in [3.8, 4) is 0 Å². The highest BCUT2D eigenvalue weighted by atomic mass is 16.6. The van der Waals surface area contributed by atoms with Gasteiger partial charge in [0.05, 0.1) is 17.6 Å². The van der Waals surface area contributed by atoms with Crippen molar-refractivity contribution in [2.45, 2.75) is 89.0 Å². The number of likely N-dealkylation sites (tertiary alicyclic amines) is 1. The molecule has 2 unspecified atom stereocenters. The minimum absolute atomic E-state index is 0.00281. The predicted octanol–water partition coefficient (Wildman–Crippen LogP) is 2.41. The molecule has 0 aliphatic carbocycles. The molecule has 3 amide bonds. The van der Waals surface area contributed by atoms with Crippen molar-refractivity contribution in [1.82, 2.24) is 24.3 Å². The van der Waals surface area contributed by atoms with Gasteiger partial charge in [0, 0.05) is 37.3 Å². The van der Waals surface area contributed by atoms with E-state index in [0.29, 0.717) is 43.6 Å². The number of primary amides is 1. The molecule has 3 fully saturated rings. The first-order valence-electron chi connectivity index (χ1n) is 13.8. The third-order valence-corrected chi connectivity index (χ3v) is 8.31. The van der Waals surface area contributed by atoms with Crippen LogP contribution < -0.4 is 16.7 Å². The molecule has 3 aliphatic heterocycles. The maximum Gasteiger partial charge on any atom is 0.410 e. The van der Waals surface area contributed by atoms with Gasteiger partial charge >= 0.3 is 17.8 Å². The van der Waals surface area contributed by atoms with Crippen LogP contribution in [0.15, 0.2) is 29.1 Å². The van der Waals surface area contributed by atoms with E-state index in [1.165, 1.54) is 9.47 Å². The molecule has 38 heavy (non-hydrogen) atoms. The minimum Gasteiger partial charge on any atom is -0.449 e. The van der Waals surface area contributed by atoms with E-state index >= 15 is 0 Å². The Kier molecular flexibility index (Phi) is 7.47. The van der Waals surface area contributed by atoms with Gasteiger partial charge in [0.1, 0.15) is 6.04 Å². The molecule has 11 heteroatoms. The van der Waals surface area contributed by atoms with Crippen LogP contribution in [0.1, 0.15) is 64.8 Å². The fraction of sp³-hybridized carbons (Fsp3) is 0.630. The van der Waals surface area contributed by atoms with Crippen molar-refractivity contribution in [2.24, 2.45) is 5.73 Å². The standard InChI is InChI=1S/C27H38N6O5/c1-17(2)32-21-7-3-4-8-22(21)33(26(32)36)25(35)29-18-15-19-10-11-20(16-18)30(19)13-6-14-38-27(37)31-12-5-9-23(31)24(28)34/h3-4,7-8,17-20,23H,5-6,9-16H2,1-2H3,(H2,28,34)(H,29,35)/t18?,19-,20+,23?. The van der Waals surface area contributed by atoms with Crippen molar-refractivity contribution in [3.05, 3.63) is 34.7 Å². The zero-order chi connectivity index (χ0) is 27.0. The van der Waals surface area contributed by atoms with Crippen LogP contribution in [0.3, 0.4) is 0 Å². The molecule has 3 N–H and O–H groups in total. The van der Waals surface area contributed by atoms with Gasteiger partial charge < -0.3 is 15.8 Å². The van der Waals surface area contributed by atoms with Gasteiger partial charge in [0.2, 0.25) is 5.91 Å². The average Bonchev–Trinajstić information content (AvgIpc) is 3.54. The number of rotatable bonds is 7. The number of piperidine rings is 1. The molecule has 1 aromatic heterocycles.